The molecule has 0 aliphatic carbocycles. The van der Waals surface area contributed by atoms with E-state index >= 15 is 0 Å². The molecule has 0 radical (unpaired) electrons. The van der Waals surface area contributed by atoms with Crippen LogP contribution in [0.2, 0.25) is 0 Å². The Labute approximate surface area is 194 Å². The van der Waals surface area contributed by atoms with Crippen molar-refractivity contribution >= 4 is 44.2 Å². The first-order chi connectivity index (χ1) is 14.4. The van der Waals surface area contributed by atoms with Crippen molar-refractivity contribution < 1.29 is 9.47 Å². The summed E-state index contributed by atoms with van der Waals surface area (Å²) >= 11 is -1.66. The molecule has 0 unspecified atom stereocenters. The molecule has 2 nitrogen and oxygen atoms in total. The van der Waals surface area contributed by atoms with E-state index in [2.05, 4.69) is 97.1 Å². The monoisotopic (exact) mass is 500 g/mol. The van der Waals surface area contributed by atoms with E-state index < -0.39 is 44.2 Å². The first-order valence-electron chi connectivity index (χ1n) is 10.1. The number of para-hydroxylation sites is 4. The SMILES string of the molecule is c1ccc2c(c1)Oc1ccccc1[CH]2[Ba][CH]1c2ccccc2Oc2ccccc21. The number of hydrogen-bond donors (Lipinski definition) is 0. The van der Waals surface area contributed by atoms with Gasteiger partial charge >= 0.3 is 197 Å². The van der Waals surface area contributed by atoms with Crippen molar-refractivity contribution in [1.29, 1.82) is 0 Å². The van der Waals surface area contributed by atoms with Gasteiger partial charge < -0.3 is 0 Å². The molecule has 29 heavy (non-hydrogen) atoms. The summed E-state index contributed by atoms with van der Waals surface area (Å²) in [6.07, 6.45) is 0. The number of rotatable bonds is 2. The molecule has 6 rings (SSSR count). The predicted octanol–water partition coefficient (Wildman–Crippen LogP) is 6.48. The number of ether oxygens (including phenoxy) is 2. The van der Waals surface area contributed by atoms with Crippen LogP contribution in [0.5, 0.6) is 23.0 Å². The van der Waals surface area contributed by atoms with Crippen LogP contribution in [-0.2, 0) is 0 Å². The Bertz CT molecular complexity index is 1030. The average molecular weight is 500 g/mol. The maximum absolute atomic E-state index is 6.25. The van der Waals surface area contributed by atoms with Crippen LogP contribution in [0, 0.1) is 0 Å². The van der Waals surface area contributed by atoms with Gasteiger partial charge in [0.25, 0.3) is 0 Å². The third-order valence-electron chi connectivity index (χ3n) is 6.09. The van der Waals surface area contributed by atoms with E-state index in [4.69, 9.17) is 9.47 Å². The molecule has 2 aliphatic heterocycles. The summed E-state index contributed by atoms with van der Waals surface area (Å²) in [5.74, 6) is 4.07. The second kappa shape index (κ2) is 7.39. The molecule has 0 bridgehead atoms. The first kappa shape index (κ1) is 17.9. The van der Waals surface area contributed by atoms with Gasteiger partial charge in [0, 0.05) is 0 Å². The fourth-order valence-corrected chi connectivity index (χ4v) is 13.7. The third kappa shape index (κ3) is 3.07. The molecule has 0 N–H and O–H groups in total. The van der Waals surface area contributed by atoms with Crippen LogP contribution in [0.25, 0.3) is 0 Å². The average Bonchev–Trinajstić information content (AvgIpc) is 2.78. The van der Waals surface area contributed by atoms with Gasteiger partial charge in [-0.05, 0) is 0 Å². The van der Waals surface area contributed by atoms with Crippen LogP contribution in [0.3, 0.4) is 0 Å². The van der Waals surface area contributed by atoms with Crippen LogP contribution < -0.4 is 9.47 Å². The normalized spacial score (nSPS) is 14.3. The van der Waals surface area contributed by atoms with Crippen LogP contribution in [0.15, 0.2) is 97.1 Å². The molecule has 2 aliphatic rings. The topological polar surface area (TPSA) is 18.5 Å². The van der Waals surface area contributed by atoms with E-state index in [1.54, 1.807) is 0 Å². The summed E-state index contributed by atoms with van der Waals surface area (Å²) in [6.45, 7) is 0. The van der Waals surface area contributed by atoms with Gasteiger partial charge in [0.05, 0.1) is 0 Å². The van der Waals surface area contributed by atoms with Gasteiger partial charge in [0.2, 0.25) is 0 Å². The molecule has 2 heterocycles. The Hall–Kier alpha value is -1.95. The summed E-state index contributed by atoms with van der Waals surface area (Å²) in [7, 11) is 0. The van der Waals surface area contributed by atoms with Crippen molar-refractivity contribution in [2.24, 2.45) is 0 Å². The predicted molar refractivity (Wildman–Crippen MR) is 115 cm³/mol. The van der Waals surface area contributed by atoms with Crippen LogP contribution in [0.4, 0.5) is 0 Å². The minimum atomic E-state index is -1.66. The summed E-state index contributed by atoms with van der Waals surface area (Å²) in [5, 5.41) is 0. The van der Waals surface area contributed by atoms with Gasteiger partial charge in [-0.25, -0.2) is 0 Å². The minimum absolute atomic E-state index is 0.486. The van der Waals surface area contributed by atoms with E-state index in [0.717, 1.165) is 23.0 Å². The molecule has 0 saturated carbocycles. The molecule has 0 saturated heterocycles. The Morgan fingerprint density at radius 2 is 0.690 bits per heavy atom. The summed E-state index contributed by atoms with van der Waals surface area (Å²) in [4.78, 5) is 0. The molecule has 3 heteroatoms. The fraction of sp³-hybridized carbons (Fsp3) is 0.0769. The van der Waals surface area contributed by atoms with Gasteiger partial charge in [0.15, 0.2) is 0 Å². The molecule has 0 atom stereocenters. The van der Waals surface area contributed by atoms with Crippen molar-refractivity contribution in [2.75, 3.05) is 0 Å². The van der Waals surface area contributed by atoms with Crippen molar-refractivity contribution in [2.45, 2.75) is 0.772 Å². The molecule has 4 aromatic carbocycles. The summed E-state index contributed by atoms with van der Waals surface area (Å²) in [5.41, 5.74) is 5.42. The molecular formula is C26H18BaO2. The van der Waals surface area contributed by atoms with Crippen molar-refractivity contribution in [3.63, 3.8) is 0 Å². The zero-order valence-corrected chi connectivity index (χ0v) is 20.4. The quantitative estimate of drug-likeness (QED) is 0.294. The molecule has 0 fully saturated rings. The van der Waals surface area contributed by atoms with Gasteiger partial charge in [0.1, 0.15) is 0 Å². The standard InChI is InChI=1S/2C13H9O.Ba/c2*1-3-7-12-10(5-1)9-11-6-2-4-8-13(11)14-12;/h2*1-9H;. The van der Waals surface area contributed by atoms with E-state index in [9.17, 15) is 0 Å². The first-order valence-corrected chi connectivity index (χ1v) is 15.2. The number of fused-ring (bicyclic) bond motifs is 4. The van der Waals surface area contributed by atoms with Gasteiger partial charge in [-0.15, -0.1) is 0 Å². The summed E-state index contributed by atoms with van der Waals surface area (Å²) in [6, 6.07) is 34.3. The Morgan fingerprint density at radius 3 is 1.00 bits per heavy atom. The van der Waals surface area contributed by atoms with E-state index in [1.807, 2.05) is 0 Å². The summed E-state index contributed by atoms with van der Waals surface area (Å²) < 4.78 is 13.5. The third-order valence-corrected chi connectivity index (χ3v) is 14.6. The Kier molecular flexibility index (Phi) is 4.55. The van der Waals surface area contributed by atoms with E-state index in [0.29, 0.717) is 0.772 Å². The second-order valence-electron chi connectivity index (χ2n) is 7.70. The molecule has 0 aromatic heterocycles. The van der Waals surface area contributed by atoms with Crippen molar-refractivity contribution in [1.82, 2.24) is 0 Å². The van der Waals surface area contributed by atoms with E-state index in [-0.39, 0.29) is 0 Å². The molecule has 4 aromatic rings. The van der Waals surface area contributed by atoms with Crippen LogP contribution in [0.1, 0.15) is 23.0 Å². The number of benzene rings is 4. The zero-order chi connectivity index (χ0) is 19.2. The molecule has 0 spiro atoms. The molecule has 0 amide bonds. The van der Waals surface area contributed by atoms with Crippen LogP contribution >= 0.6 is 0 Å². The van der Waals surface area contributed by atoms with Crippen LogP contribution in [-0.4, -0.2) is 44.2 Å². The Morgan fingerprint density at radius 1 is 0.414 bits per heavy atom. The van der Waals surface area contributed by atoms with Gasteiger partial charge in [-0.1, -0.05) is 0 Å². The maximum atomic E-state index is 6.25. The molecular weight excluding hydrogens is 482 g/mol. The fourth-order valence-electron chi connectivity index (χ4n) is 4.76. The van der Waals surface area contributed by atoms with E-state index in [1.165, 1.54) is 22.3 Å². The van der Waals surface area contributed by atoms with Crippen molar-refractivity contribution in [3.8, 4) is 23.0 Å². The Balaban J connectivity index is 1.51. The zero-order valence-electron chi connectivity index (χ0n) is 15.9. The van der Waals surface area contributed by atoms with Gasteiger partial charge in [-0.2, -0.15) is 0 Å². The molecule has 136 valence electrons. The van der Waals surface area contributed by atoms with Crippen molar-refractivity contribution in [3.05, 3.63) is 119 Å². The number of hydrogen-bond acceptors (Lipinski definition) is 2. The second-order valence-corrected chi connectivity index (χ2v) is 14.3. The van der Waals surface area contributed by atoms with Gasteiger partial charge in [-0.3, -0.25) is 0 Å².